The first-order valence-electron chi connectivity index (χ1n) is 6.63. The smallest absolute Gasteiger partial charge is 0.270 e. The molecule has 1 rings (SSSR count). The SMILES string of the molecule is CCN(CC)C(=O)CN(C)C(=O)c1cc(C(C)=O)c[nH]1. The number of H-pyrrole nitrogens is 1. The Bertz CT molecular complexity index is 504. The van der Waals surface area contributed by atoms with Gasteiger partial charge in [0.15, 0.2) is 5.78 Å². The van der Waals surface area contributed by atoms with E-state index in [0.717, 1.165) is 0 Å². The molecule has 0 unspecified atom stereocenters. The van der Waals surface area contributed by atoms with Crippen LogP contribution in [-0.2, 0) is 4.79 Å². The third-order valence-corrected chi connectivity index (χ3v) is 3.16. The number of nitrogens with one attached hydrogen (secondary N) is 1. The van der Waals surface area contributed by atoms with Gasteiger partial charge in [0.2, 0.25) is 5.91 Å². The maximum Gasteiger partial charge on any atom is 0.270 e. The Kier molecular flexibility index (Phi) is 5.49. The van der Waals surface area contributed by atoms with Crippen LogP contribution in [0, 0.1) is 0 Å². The number of nitrogens with zero attached hydrogens (tertiary/aromatic N) is 2. The molecular formula is C14H21N3O3. The summed E-state index contributed by atoms with van der Waals surface area (Å²) in [6.07, 6.45) is 1.50. The molecule has 1 heterocycles. The van der Waals surface area contributed by atoms with Gasteiger partial charge in [-0.3, -0.25) is 14.4 Å². The molecule has 110 valence electrons. The van der Waals surface area contributed by atoms with Crippen LogP contribution >= 0.6 is 0 Å². The molecular weight excluding hydrogens is 258 g/mol. The topological polar surface area (TPSA) is 73.5 Å². The van der Waals surface area contributed by atoms with Gasteiger partial charge in [0.05, 0.1) is 6.54 Å². The van der Waals surface area contributed by atoms with Crippen LogP contribution in [0.4, 0.5) is 0 Å². The normalized spacial score (nSPS) is 10.2. The van der Waals surface area contributed by atoms with E-state index in [1.54, 1.807) is 11.9 Å². The van der Waals surface area contributed by atoms with Crippen LogP contribution in [0.25, 0.3) is 0 Å². The minimum atomic E-state index is -0.307. The first-order valence-corrected chi connectivity index (χ1v) is 6.63. The number of amides is 2. The van der Waals surface area contributed by atoms with Crippen LogP contribution in [0.3, 0.4) is 0 Å². The lowest BCUT2D eigenvalue weighted by Crippen LogP contribution is -2.41. The fourth-order valence-corrected chi connectivity index (χ4v) is 1.88. The third kappa shape index (κ3) is 3.69. The molecule has 0 atom stereocenters. The van der Waals surface area contributed by atoms with E-state index in [-0.39, 0.29) is 24.1 Å². The van der Waals surface area contributed by atoms with Crippen LogP contribution in [0.1, 0.15) is 41.6 Å². The summed E-state index contributed by atoms with van der Waals surface area (Å²) in [6.45, 7) is 6.49. The molecule has 2 amide bonds. The molecule has 0 aliphatic heterocycles. The van der Waals surface area contributed by atoms with Gasteiger partial charge in [-0.05, 0) is 26.8 Å². The van der Waals surface area contributed by atoms with Crippen molar-refractivity contribution >= 4 is 17.6 Å². The Morgan fingerprint density at radius 3 is 2.25 bits per heavy atom. The van der Waals surface area contributed by atoms with Crippen molar-refractivity contribution in [2.75, 3.05) is 26.7 Å². The molecule has 0 spiro atoms. The maximum absolute atomic E-state index is 12.1. The van der Waals surface area contributed by atoms with Gasteiger partial charge in [-0.25, -0.2) is 0 Å². The predicted octanol–water partition coefficient (Wildman–Crippen LogP) is 1.16. The van der Waals surface area contributed by atoms with Crippen LogP contribution in [0.5, 0.6) is 0 Å². The highest BCUT2D eigenvalue weighted by Gasteiger charge is 2.19. The molecule has 0 radical (unpaired) electrons. The summed E-state index contributed by atoms with van der Waals surface area (Å²) in [5.41, 5.74) is 0.766. The molecule has 0 aliphatic carbocycles. The standard InChI is InChI=1S/C14H21N3O3/c1-5-17(6-2)13(19)9-16(4)14(20)12-7-11(8-15-12)10(3)18/h7-8,15H,5-6,9H2,1-4H3. The van der Waals surface area contributed by atoms with E-state index >= 15 is 0 Å². The number of carbonyl (C=O) groups is 3. The molecule has 6 nitrogen and oxygen atoms in total. The van der Waals surface area contributed by atoms with Gasteiger partial charge in [0.1, 0.15) is 5.69 Å². The molecule has 20 heavy (non-hydrogen) atoms. The Labute approximate surface area is 118 Å². The zero-order valence-electron chi connectivity index (χ0n) is 12.4. The number of carbonyl (C=O) groups excluding carboxylic acids is 3. The Hall–Kier alpha value is -2.11. The number of likely N-dealkylation sites (N-methyl/N-ethyl adjacent to an activating group) is 2. The second-order valence-corrected chi connectivity index (χ2v) is 4.59. The quantitative estimate of drug-likeness (QED) is 0.794. The van der Waals surface area contributed by atoms with E-state index < -0.39 is 0 Å². The van der Waals surface area contributed by atoms with Crippen LogP contribution in [0.2, 0.25) is 0 Å². The van der Waals surface area contributed by atoms with E-state index in [9.17, 15) is 14.4 Å². The summed E-state index contributed by atoms with van der Waals surface area (Å²) in [5.74, 6) is -0.510. The minimum absolute atomic E-state index is 0.0228. The first kappa shape index (κ1) is 15.9. The van der Waals surface area contributed by atoms with Gasteiger partial charge >= 0.3 is 0 Å². The van der Waals surface area contributed by atoms with Crippen molar-refractivity contribution < 1.29 is 14.4 Å². The van der Waals surface area contributed by atoms with Crippen molar-refractivity contribution in [1.29, 1.82) is 0 Å². The number of hydrogen-bond donors (Lipinski definition) is 1. The summed E-state index contributed by atoms with van der Waals surface area (Å²) in [6, 6.07) is 1.50. The Morgan fingerprint density at radius 2 is 1.80 bits per heavy atom. The molecule has 0 saturated carbocycles. The number of aromatic amines is 1. The van der Waals surface area contributed by atoms with Crippen LogP contribution in [0.15, 0.2) is 12.3 Å². The largest absolute Gasteiger partial charge is 0.356 e. The van der Waals surface area contributed by atoms with Gasteiger partial charge in [-0.2, -0.15) is 0 Å². The average molecular weight is 279 g/mol. The van der Waals surface area contributed by atoms with Crippen molar-refractivity contribution in [3.8, 4) is 0 Å². The van der Waals surface area contributed by atoms with Gasteiger partial charge in [-0.1, -0.05) is 0 Å². The molecule has 0 bridgehead atoms. The van der Waals surface area contributed by atoms with Crippen molar-refractivity contribution in [1.82, 2.24) is 14.8 Å². The summed E-state index contributed by atoms with van der Waals surface area (Å²) in [7, 11) is 1.57. The summed E-state index contributed by atoms with van der Waals surface area (Å²) in [5, 5.41) is 0. The number of ketones is 1. The zero-order valence-corrected chi connectivity index (χ0v) is 12.4. The molecule has 0 aromatic carbocycles. The lowest BCUT2D eigenvalue weighted by Gasteiger charge is -2.22. The fourth-order valence-electron chi connectivity index (χ4n) is 1.88. The molecule has 0 saturated heterocycles. The van der Waals surface area contributed by atoms with Gasteiger partial charge in [0.25, 0.3) is 5.91 Å². The van der Waals surface area contributed by atoms with Gasteiger partial charge < -0.3 is 14.8 Å². The van der Waals surface area contributed by atoms with Crippen LogP contribution in [-0.4, -0.2) is 59.1 Å². The van der Waals surface area contributed by atoms with E-state index in [2.05, 4.69) is 4.98 Å². The molecule has 0 aliphatic rings. The van der Waals surface area contributed by atoms with Gasteiger partial charge in [0, 0.05) is 31.9 Å². The van der Waals surface area contributed by atoms with Crippen molar-refractivity contribution in [3.63, 3.8) is 0 Å². The lowest BCUT2D eigenvalue weighted by atomic mass is 10.2. The second-order valence-electron chi connectivity index (χ2n) is 4.59. The average Bonchev–Trinajstić information content (AvgIpc) is 2.88. The number of rotatable bonds is 6. The van der Waals surface area contributed by atoms with Gasteiger partial charge in [-0.15, -0.1) is 0 Å². The van der Waals surface area contributed by atoms with Crippen molar-refractivity contribution in [2.24, 2.45) is 0 Å². The molecule has 6 heteroatoms. The number of Topliss-reactive ketones (excluding diaryl/α,β-unsaturated/α-hetero) is 1. The monoisotopic (exact) mass is 279 g/mol. The lowest BCUT2D eigenvalue weighted by molar-refractivity contribution is -0.131. The molecule has 1 aromatic rings. The molecule has 0 fully saturated rings. The predicted molar refractivity (Wildman–Crippen MR) is 75.7 cm³/mol. The van der Waals surface area contributed by atoms with E-state index in [0.29, 0.717) is 24.3 Å². The number of aromatic nitrogens is 1. The third-order valence-electron chi connectivity index (χ3n) is 3.16. The summed E-state index contributed by atoms with van der Waals surface area (Å²) < 4.78 is 0. The van der Waals surface area contributed by atoms with Crippen molar-refractivity contribution in [3.05, 3.63) is 23.5 Å². The molecule has 1 aromatic heterocycles. The second kappa shape index (κ2) is 6.88. The van der Waals surface area contributed by atoms with E-state index in [1.807, 2.05) is 13.8 Å². The Balaban J connectivity index is 2.71. The highest BCUT2D eigenvalue weighted by Crippen LogP contribution is 2.07. The summed E-state index contributed by atoms with van der Waals surface area (Å²) in [4.78, 5) is 41.0. The highest BCUT2D eigenvalue weighted by molar-refractivity contribution is 5.99. The molecule has 1 N–H and O–H groups in total. The van der Waals surface area contributed by atoms with E-state index in [4.69, 9.17) is 0 Å². The maximum atomic E-state index is 12.1. The minimum Gasteiger partial charge on any atom is -0.356 e. The fraction of sp³-hybridized carbons (Fsp3) is 0.500. The van der Waals surface area contributed by atoms with E-state index in [1.165, 1.54) is 24.1 Å². The zero-order chi connectivity index (χ0) is 15.3. The highest BCUT2D eigenvalue weighted by atomic mass is 16.2. The number of hydrogen-bond acceptors (Lipinski definition) is 3. The first-order chi connectivity index (χ1) is 9.40. The van der Waals surface area contributed by atoms with Crippen LogP contribution < -0.4 is 0 Å². The van der Waals surface area contributed by atoms with Crippen molar-refractivity contribution in [2.45, 2.75) is 20.8 Å². The summed E-state index contributed by atoms with van der Waals surface area (Å²) >= 11 is 0. The Morgan fingerprint density at radius 1 is 1.20 bits per heavy atom.